The number of H-pyrrole nitrogens is 1. The molecular formula is C32H28FKN4O6S. The molecule has 10 nitrogen and oxygen atoms in total. The molecule has 6 aromatic rings. The minimum atomic E-state index is -1.14. The van der Waals surface area contributed by atoms with Crippen LogP contribution in [0.5, 0.6) is 5.75 Å². The minimum absolute atomic E-state index is 0. The number of nitrogens with one attached hydrogen (secondary N) is 1. The first-order valence-electron chi connectivity index (χ1n) is 13.8. The van der Waals surface area contributed by atoms with Crippen molar-refractivity contribution in [1.29, 1.82) is 0 Å². The van der Waals surface area contributed by atoms with Gasteiger partial charge in [0.25, 0.3) is 5.56 Å². The van der Waals surface area contributed by atoms with Crippen LogP contribution in [-0.4, -0.2) is 31.5 Å². The van der Waals surface area contributed by atoms with Gasteiger partial charge in [0.2, 0.25) is 0 Å². The number of ether oxygens (including phenoxy) is 1. The predicted molar refractivity (Wildman–Crippen MR) is 166 cm³/mol. The molecule has 0 aliphatic carbocycles. The Kier molecular flexibility index (Phi) is 10.2. The second kappa shape index (κ2) is 13.9. The van der Waals surface area contributed by atoms with Gasteiger partial charge in [-0.25, -0.2) is 14.0 Å². The number of halogens is 1. The number of aromatic amines is 1. The summed E-state index contributed by atoms with van der Waals surface area (Å²) in [6.07, 6.45) is -0.488. The summed E-state index contributed by atoms with van der Waals surface area (Å²) in [4.78, 5) is 42.7. The van der Waals surface area contributed by atoms with E-state index in [1.165, 1.54) is 29.1 Å². The molecule has 0 spiro atoms. The second-order valence-electron chi connectivity index (χ2n) is 10.2. The van der Waals surface area contributed by atoms with Gasteiger partial charge in [-0.15, -0.1) is 11.3 Å². The van der Waals surface area contributed by atoms with Crippen LogP contribution >= 0.6 is 11.3 Å². The number of fused-ring (bicyclic) bond motifs is 1. The van der Waals surface area contributed by atoms with E-state index >= 15 is 4.39 Å². The van der Waals surface area contributed by atoms with E-state index in [2.05, 4.69) is 14.7 Å². The summed E-state index contributed by atoms with van der Waals surface area (Å²) in [5, 5.41) is 15.0. The third-order valence-electron chi connectivity index (χ3n) is 7.47. The van der Waals surface area contributed by atoms with Crippen molar-refractivity contribution >= 4 is 21.6 Å². The topological polar surface area (TPSA) is 132 Å². The Labute approximate surface area is 303 Å². The molecular weight excluding hydrogens is 627 g/mol. The molecule has 0 saturated carbocycles. The van der Waals surface area contributed by atoms with Gasteiger partial charge in [0.05, 0.1) is 31.7 Å². The Bertz CT molecular complexity index is 2170. The zero-order valence-corrected chi connectivity index (χ0v) is 28.7. The van der Waals surface area contributed by atoms with Crippen molar-refractivity contribution < 1.29 is 71.6 Å². The van der Waals surface area contributed by atoms with Crippen LogP contribution in [0.25, 0.3) is 32.7 Å². The van der Waals surface area contributed by atoms with Gasteiger partial charge in [0.15, 0.2) is 5.82 Å². The van der Waals surface area contributed by atoms with Crippen molar-refractivity contribution in [2.75, 3.05) is 7.11 Å². The number of nitrogens with zero attached hydrogens (tertiary/aromatic N) is 3. The fourth-order valence-corrected chi connectivity index (χ4v) is 6.21. The smallest absolute Gasteiger partial charge is 1.00 e. The number of hydrogen-bond donors (Lipinski definition) is 2. The summed E-state index contributed by atoms with van der Waals surface area (Å²) in [7, 11) is 1.53. The summed E-state index contributed by atoms with van der Waals surface area (Å²) < 4.78 is 27.9. The molecule has 0 fully saturated rings. The van der Waals surface area contributed by atoms with Gasteiger partial charge in [-0.1, -0.05) is 60.6 Å². The summed E-state index contributed by atoms with van der Waals surface area (Å²) in [5.41, 5.74) is 1.29. The number of benzene rings is 3. The van der Waals surface area contributed by atoms with Gasteiger partial charge >= 0.3 is 62.8 Å². The summed E-state index contributed by atoms with van der Waals surface area (Å²) in [6, 6.07) is 20.2. The van der Waals surface area contributed by atoms with Gasteiger partial charge in [0, 0.05) is 16.0 Å². The standard InChI is InChI=1S/C32H27FN4O6S.K.H/c1-3-22-15-25-29(39)36(17-27(38)18-10-12-21(42-2)13-11-18)32(41)37(30(25)44-22)16-20-9-8-19(14-26(20)33)23-6-4-5-7-24(23)28-34-31(40)43-35-28;;/h4-15,27,38H,3,16-17H2,1-2H3,(H,34,35,40);;/q;+1;-1. The van der Waals surface area contributed by atoms with Crippen LogP contribution in [-0.2, 0) is 19.5 Å². The Morgan fingerprint density at radius 3 is 2.42 bits per heavy atom. The Morgan fingerprint density at radius 1 is 1.04 bits per heavy atom. The predicted octanol–water partition coefficient (Wildman–Crippen LogP) is 1.84. The van der Waals surface area contributed by atoms with E-state index in [0.29, 0.717) is 44.6 Å². The fourth-order valence-electron chi connectivity index (χ4n) is 5.13. The van der Waals surface area contributed by atoms with Crippen molar-refractivity contribution in [2.45, 2.75) is 32.5 Å². The number of aliphatic hydroxyl groups is 1. The van der Waals surface area contributed by atoms with E-state index in [0.717, 1.165) is 9.44 Å². The number of aromatic nitrogens is 4. The molecule has 3 heterocycles. The average Bonchev–Trinajstić information content (AvgIpc) is 3.68. The maximum Gasteiger partial charge on any atom is 1.00 e. The second-order valence-corrected chi connectivity index (χ2v) is 11.3. The van der Waals surface area contributed by atoms with Crippen molar-refractivity contribution in [3.05, 3.63) is 126 Å². The number of methoxy groups -OCH3 is 1. The monoisotopic (exact) mass is 654 g/mol. The Morgan fingerprint density at radius 2 is 1.78 bits per heavy atom. The zero-order chi connectivity index (χ0) is 31.0. The van der Waals surface area contributed by atoms with Crippen LogP contribution in [0.2, 0.25) is 0 Å². The van der Waals surface area contributed by atoms with E-state index < -0.39 is 28.9 Å². The van der Waals surface area contributed by atoms with Crippen LogP contribution in [0.15, 0.2) is 91.7 Å². The maximum absolute atomic E-state index is 15.7. The third kappa shape index (κ3) is 6.61. The van der Waals surface area contributed by atoms with Gasteiger partial charge < -0.3 is 11.3 Å². The molecule has 226 valence electrons. The largest absolute Gasteiger partial charge is 1.00 e. The van der Waals surface area contributed by atoms with Crippen LogP contribution < -0.4 is 73.1 Å². The molecule has 13 heteroatoms. The van der Waals surface area contributed by atoms with Crippen LogP contribution in [0, 0.1) is 5.82 Å². The molecule has 0 aliphatic heterocycles. The molecule has 0 amide bonds. The third-order valence-corrected chi connectivity index (χ3v) is 8.77. The molecule has 0 bridgehead atoms. The van der Waals surface area contributed by atoms with E-state index in [9.17, 15) is 19.5 Å². The molecule has 3 aromatic carbocycles. The first-order valence-corrected chi connectivity index (χ1v) is 14.6. The maximum atomic E-state index is 15.7. The first-order chi connectivity index (χ1) is 21.3. The van der Waals surface area contributed by atoms with Crippen molar-refractivity contribution in [3.8, 4) is 28.3 Å². The first kappa shape index (κ1) is 32.9. The van der Waals surface area contributed by atoms with Gasteiger partial charge in [0.1, 0.15) is 16.4 Å². The molecule has 1 atom stereocenters. The van der Waals surface area contributed by atoms with Crippen molar-refractivity contribution in [3.63, 3.8) is 0 Å². The van der Waals surface area contributed by atoms with E-state index in [1.54, 1.807) is 66.7 Å². The summed E-state index contributed by atoms with van der Waals surface area (Å²) in [6.45, 7) is 1.53. The molecule has 3 aromatic heterocycles. The Hall–Kier alpha value is -3.43. The number of aryl methyl sites for hydroxylation is 1. The molecule has 0 radical (unpaired) electrons. The molecule has 0 aliphatic rings. The van der Waals surface area contributed by atoms with Crippen LogP contribution in [0.3, 0.4) is 0 Å². The number of rotatable bonds is 9. The summed E-state index contributed by atoms with van der Waals surface area (Å²) in [5.74, 6) is -0.440. The van der Waals surface area contributed by atoms with E-state index in [4.69, 9.17) is 4.74 Å². The van der Waals surface area contributed by atoms with Crippen LogP contribution in [0.4, 0.5) is 4.39 Å². The number of aliphatic hydroxyl groups excluding tert-OH is 1. The number of hydrogen-bond acceptors (Lipinski definition) is 8. The van der Waals surface area contributed by atoms with Gasteiger partial charge in [-0.2, -0.15) is 0 Å². The SMILES string of the molecule is CCc1cc2c(=O)n(CC(O)c3ccc(OC)cc3)c(=O)n(Cc3ccc(-c4ccccc4-c4noc(=O)[nH]4)cc3F)c2s1.[H-].[K+]. The van der Waals surface area contributed by atoms with E-state index in [1.807, 2.05) is 6.92 Å². The van der Waals surface area contributed by atoms with Crippen LogP contribution in [0.1, 0.15) is 30.5 Å². The number of thiophene rings is 1. The summed E-state index contributed by atoms with van der Waals surface area (Å²) >= 11 is 1.31. The van der Waals surface area contributed by atoms with E-state index in [-0.39, 0.29) is 77.3 Å². The molecule has 0 saturated heterocycles. The van der Waals surface area contributed by atoms with Crippen molar-refractivity contribution in [2.24, 2.45) is 0 Å². The molecule has 45 heavy (non-hydrogen) atoms. The normalized spacial score (nSPS) is 11.8. The fraction of sp³-hybridized carbons (Fsp3) is 0.188. The average molecular weight is 655 g/mol. The zero-order valence-electron chi connectivity index (χ0n) is 25.7. The van der Waals surface area contributed by atoms with Crippen molar-refractivity contribution in [1.82, 2.24) is 19.3 Å². The molecule has 2 N–H and O–H groups in total. The minimum Gasteiger partial charge on any atom is -1.00 e. The van der Waals surface area contributed by atoms with Gasteiger partial charge in [-0.3, -0.25) is 23.4 Å². The molecule has 1 unspecified atom stereocenters. The van der Waals surface area contributed by atoms with Gasteiger partial charge in [-0.05, 0) is 47.4 Å². The quantitative estimate of drug-likeness (QED) is 0.228. The molecule has 6 rings (SSSR count). The Balaban J connectivity index is 0.00000240.